The summed E-state index contributed by atoms with van der Waals surface area (Å²) in [7, 11) is 0. The van der Waals surface area contributed by atoms with Crippen molar-refractivity contribution in [2.45, 2.75) is 0 Å². The van der Waals surface area contributed by atoms with Gasteiger partial charge in [-0.05, 0) is 67.0 Å². The van der Waals surface area contributed by atoms with E-state index in [1.54, 1.807) is 0 Å². The van der Waals surface area contributed by atoms with Gasteiger partial charge in [0.25, 0.3) is 0 Å². The smallest absolute Gasteiger partial charge is 0.164 e. The van der Waals surface area contributed by atoms with E-state index < -0.39 is 0 Å². The molecule has 2 heterocycles. The SMILES string of the molecule is c1ccc(-c2nc(-c3ccc(-c4cccc5ccccc45)cc3)nc(-c3cc4ccc5ccccc5c4c4oc5cc6ccccc6cc5c34)n2)cc1. The van der Waals surface area contributed by atoms with Gasteiger partial charge in [0.1, 0.15) is 11.2 Å². The summed E-state index contributed by atoms with van der Waals surface area (Å²) in [6.45, 7) is 0. The summed E-state index contributed by atoms with van der Waals surface area (Å²) in [5.41, 5.74) is 6.76. The minimum Gasteiger partial charge on any atom is -0.455 e. The van der Waals surface area contributed by atoms with Crippen LogP contribution in [-0.2, 0) is 0 Å². The Labute approximate surface area is 304 Å². The fraction of sp³-hybridized carbons (Fsp3) is 0. The van der Waals surface area contributed by atoms with Gasteiger partial charge in [0, 0.05) is 32.8 Å². The quantitative estimate of drug-likeness (QED) is 0.174. The van der Waals surface area contributed by atoms with Crippen LogP contribution in [0.5, 0.6) is 0 Å². The summed E-state index contributed by atoms with van der Waals surface area (Å²) >= 11 is 0. The van der Waals surface area contributed by atoms with Gasteiger partial charge in [0.05, 0.1) is 0 Å². The standard InChI is InChI=1S/C49H29N3O/c1-2-13-33(14-3-1)47-50-48(34-24-21-32(22-25-34)39-20-10-17-30-11-6-8-18-38(30)39)52-49(51-47)42-28-37-26-23-31-12-7-9-19-40(31)44(37)46-45(42)41-27-35-15-4-5-16-36(35)29-43(41)53-46/h1-29H. The van der Waals surface area contributed by atoms with E-state index in [1.807, 2.05) is 30.3 Å². The number of hydrogen-bond acceptors (Lipinski definition) is 4. The molecule has 246 valence electrons. The van der Waals surface area contributed by atoms with E-state index in [0.717, 1.165) is 71.1 Å². The predicted octanol–water partition coefficient (Wildman–Crippen LogP) is 13.1. The van der Waals surface area contributed by atoms with Crippen molar-refractivity contribution in [1.29, 1.82) is 0 Å². The van der Waals surface area contributed by atoms with Crippen LogP contribution in [0.25, 0.3) is 110 Å². The Kier molecular flexibility index (Phi) is 6.52. The van der Waals surface area contributed by atoms with Gasteiger partial charge >= 0.3 is 0 Å². The van der Waals surface area contributed by atoms with Crippen LogP contribution in [0.15, 0.2) is 180 Å². The molecular formula is C49H29N3O. The van der Waals surface area contributed by atoms with Crippen LogP contribution in [0.1, 0.15) is 0 Å². The largest absolute Gasteiger partial charge is 0.455 e. The summed E-state index contributed by atoms with van der Waals surface area (Å²) in [6, 6.07) is 61.6. The maximum atomic E-state index is 6.89. The van der Waals surface area contributed by atoms with Gasteiger partial charge in [-0.1, -0.05) is 158 Å². The van der Waals surface area contributed by atoms with Crippen molar-refractivity contribution in [3.05, 3.63) is 176 Å². The van der Waals surface area contributed by atoms with Gasteiger partial charge in [-0.3, -0.25) is 0 Å². The molecular weight excluding hydrogens is 647 g/mol. The number of fused-ring (bicyclic) bond motifs is 9. The van der Waals surface area contributed by atoms with E-state index in [4.69, 9.17) is 19.4 Å². The summed E-state index contributed by atoms with van der Waals surface area (Å²) in [4.78, 5) is 15.5. The molecule has 0 fully saturated rings. The minimum absolute atomic E-state index is 0.600. The van der Waals surface area contributed by atoms with Crippen molar-refractivity contribution < 1.29 is 4.42 Å². The normalized spacial score (nSPS) is 11.8. The lowest BCUT2D eigenvalue weighted by Crippen LogP contribution is -2.00. The predicted molar refractivity (Wildman–Crippen MR) is 219 cm³/mol. The van der Waals surface area contributed by atoms with Crippen LogP contribution in [0.4, 0.5) is 0 Å². The highest BCUT2D eigenvalue weighted by Gasteiger charge is 2.22. The van der Waals surface area contributed by atoms with Crippen LogP contribution < -0.4 is 0 Å². The van der Waals surface area contributed by atoms with Gasteiger partial charge < -0.3 is 4.42 Å². The Balaban J connectivity index is 1.18. The van der Waals surface area contributed by atoms with E-state index in [0.29, 0.717) is 17.5 Å². The Morgan fingerprint density at radius 3 is 1.66 bits per heavy atom. The number of nitrogens with zero attached hydrogens (tertiary/aromatic N) is 3. The third kappa shape index (κ3) is 4.80. The molecule has 4 nitrogen and oxygen atoms in total. The summed E-state index contributed by atoms with van der Waals surface area (Å²) in [5, 5.41) is 11.2. The minimum atomic E-state index is 0.600. The lowest BCUT2D eigenvalue weighted by molar-refractivity contribution is 0.673. The average molecular weight is 676 g/mol. The average Bonchev–Trinajstić information content (AvgIpc) is 3.60. The molecule has 0 aliphatic rings. The Morgan fingerprint density at radius 1 is 0.321 bits per heavy atom. The molecule has 0 amide bonds. The molecule has 2 aromatic heterocycles. The molecule has 4 heteroatoms. The van der Waals surface area contributed by atoms with Gasteiger partial charge in [-0.25, -0.2) is 15.0 Å². The van der Waals surface area contributed by atoms with E-state index in [1.165, 1.54) is 21.7 Å². The van der Waals surface area contributed by atoms with Crippen molar-refractivity contribution in [3.8, 4) is 45.3 Å². The molecule has 53 heavy (non-hydrogen) atoms. The highest BCUT2D eigenvalue weighted by atomic mass is 16.3. The van der Waals surface area contributed by atoms with Crippen molar-refractivity contribution >= 4 is 65.0 Å². The third-order valence-electron chi connectivity index (χ3n) is 10.5. The second kappa shape index (κ2) is 11.7. The van der Waals surface area contributed by atoms with Crippen LogP contribution in [-0.4, -0.2) is 15.0 Å². The van der Waals surface area contributed by atoms with Crippen molar-refractivity contribution in [2.24, 2.45) is 0 Å². The molecule has 0 radical (unpaired) electrons. The van der Waals surface area contributed by atoms with Crippen molar-refractivity contribution in [2.75, 3.05) is 0 Å². The molecule has 0 atom stereocenters. The van der Waals surface area contributed by atoms with Crippen LogP contribution >= 0.6 is 0 Å². The number of aromatic nitrogens is 3. The number of hydrogen-bond donors (Lipinski definition) is 0. The van der Waals surface area contributed by atoms with Crippen LogP contribution in [0.2, 0.25) is 0 Å². The maximum Gasteiger partial charge on any atom is 0.164 e. The maximum absolute atomic E-state index is 6.89. The lowest BCUT2D eigenvalue weighted by atomic mass is 9.95. The third-order valence-corrected chi connectivity index (χ3v) is 10.5. The fourth-order valence-corrected chi connectivity index (χ4v) is 7.91. The number of furan rings is 1. The van der Waals surface area contributed by atoms with Crippen LogP contribution in [0.3, 0.4) is 0 Å². The first-order chi connectivity index (χ1) is 26.2. The lowest BCUT2D eigenvalue weighted by Gasteiger charge is -2.12. The zero-order valence-electron chi connectivity index (χ0n) is 28.5. The molecule has 0 unspecified atom stereocenters. The Morgan fingerprint density at radius 2 is 0.887 bits per heavy atom. The van der Waals surface area contributed by atoms with E-state index >= 15 is 0 Å². The van der Waals surface area contributed by atoms with E-state index in [2.05, 4.69) is 146 Å². The topological polar surface area (TPSA) is 51.8 Å². The molecule has 0 saturated carbocycles. The molecule has 0 aliphatic carbocycles. The zero-order valence-corrected chi connectivity index (χ0v) is 28.5. The van der Waals surface area contributed by atoms with Crippen molar-refractivity contribution in [1.82, 2.24) is 15.0 Å². The van der Waals surface area contributed by atoms with Gasteiger partial charge in [0.15, 0.2) is 17.5 Å². The fourth-order valence-electron chi connectivity index (χ4n) is 7.91. The first kappa shape index (κ1) is 29.5. The number of benzene rings is 9. The Bertz CT molecular complexity index is 3210. The molecule has 0 aliphatic heterocycles. The van der Waals surface area contributed by atoms with E-state index in [-0.39, 0.29) is 0 Å². The molecule has 0 saturated heterocycles. The van der Waals surface area contributed by atoms with Crippen LogP contribution in [0, 0.1) is 0 Å². The summed E-state index contributed by atoms with van der Waals surface area (Å²) < 4.78 is 6.89. The summed E-state index contributed by atoms with van der Waals surface area (Å²) in [6.07, 6.45) is 0. The molecule has 0 N–H and O–H groups in total. The molecule has 11 aromatic rings. The van der Waals surface area contributed by atoms with Gasteiger partial charge in [-0.15, -0.1) is 0 Å². The monoisotopic (exact) mass is 675 g/mol. The van der Waals surface area contributed by atoms with Crippen molar-refractivity contribution in [3.63, 3.8) is 0 Å². The van der Waals surface area contributed by atoms with E-state index in [9.17, 15) is 0 Å². The highest BCUT2D eigenvalue weighted by Crippen LogP contribution is 2.44. The van der Waals surface area contributed by atoms with Gasteiger partial charge in [-0.2, -0.15) is 0 Å². The first-order valence-corrected chi connectivity index (χ1v) is 17.9. The summed E-state index contributed by atoms with van der Waals surface area (Å²) in [5.74, 6) is 1.83. The molecule has 9 aromatic carbocycles. The number of rotatable bonds is 4. The second-order valence-corrected chi connectivity index (χ2v) is 13.6. The molecule has 0 spiro atoms. The Hall–Kier alpha value is -7.17. The second-order valence-electron chi connectivity index (χ2n) is 13.6. The highest BCUT2D eigenvalue weighted by molar-refractivity contribution is 6.27. The molecule has 11 rings (SSSR count). The molecule has 0 bridgehead atoms. The first-order valence-electron chi connectivity index (χ1n) is 17.9. The van der Waals surface area contributed by atoms with Gasteiger partial charge in [0.2, 0.25) is 0 Å². The zero-order chi connectivity index (χ0) is 34.9.